The molecule has 41 heavy (non-hydrogen) atoms. The van der Waals surface area contributed by atoms with Crippen LogP contribution < -0.4 is 38.9 Å². The van der Waals surface area contributed by atoms with E-state index < -0.39 is 53.8 Å². The predicted molar refractivity (Wildman–Crippen MR) is 151 cm³/mol. The fraction of sp³-hybridized carbons (Fsp3) is 0.538. The van der Waals surface area contributed by atoms with Gasteiger partial charge in [-0.25, -0.2) is 4.79 Å². The summed E-state index contributed by atoms with van der Waals surface area (Å²) in [5.74, 6) is -4.32. The molecular weight excluding hydrogens is 536 g/mol. The topological polar surface area (TPSA) is 278 Å². The Labute approximate surface area is 238 Å². The number of carbonyl (C=O) groups excluding carboxylic acids is 4. The third-order valence-electron chi connectivity index (χ3n) is 5.95. The molecule has 0 fully saturated rings. The Balaban J connectivity index is 3.10. The summed E-state index contributed by atoms with van der Waals surface area (Å²) in [6, 6.07) is 1.32. The van der Waals surface area contributed by atoms with Gasteiger partial charge in [-0.2, -0.15) is 0 Å². The van der Waals surface area contributed by atoms with Gasteiger partial charge in [0.25, 0.3) is 0 Å². The fourth-order valence-electron chi connectivity index (χ4n) is 3.80. The van der Waals surface area contributed by atoms with Gasteiger partial charge in [0.2, 0.25) is 23.6 Å². The standard InChI is InChI=1S/C26H42N8O7/c1-14(2)12-19(23(38)32-18(25(40)41)9-10-21(28)36)34-24(39)20(13-15-5-7-16(35)8-6-15)33-22(37)17(27)4-3-11-31-26(29)30/h5-8,14,17-20,35H,3-4,9-13,27H2,1-2H3,(H2,28,36)(H,32,38)(H,33,37)(H,34,39)(H,40,41)(H4,29,30,31). The van der Waals surface area contributed by atoms with E-state index >= 15 is 0 Å². The predicted octanol–water partition coefficient (Wildman–Crippen LogP) is -1.83. The highest BCUT2D eigenvalue weighted by Crippen LogP contribution is 2.13. The van der Waals surface area contributed by atoms with Crippen LogP contribution >= 0.6 is 0 Å². The van der Waals surface area contributed by atoms with Crippen LogP contribution in [-0.2, 0) is 30.4 Å². The van der Waals surface area contributed by atoms with Gasteiger partial charge in [-0.3, -0.25) is 24.2 Å². The first-order chi connectivity index (χ1) is 19.2. The van der Waals surface area contributed by atoms with Crippen molar-refractivity contribution in [1.82, 2.24) is 16.0 Å². The molecule has 0 aliphatic heterocycles. The monoisotopic (exact) mass is 578 g/mol. The number of primary amides is 1. The molecule has 4 atom stereocenters. The number of hydrogen-bond donors (Lipinski definition) is 9. The third-order valence-corrected chi connectivity index (χ3v) is 5.95. The molecule has 15 heteroatoms. The van der Waals surface area contributed by atoms with E-state index in [1.807, 2.05) is 13.8 Å². The maximum Gasteiger partial charge on any atom is 0.326 e. The van der Waals surface area contributed by atoms with Gasteiger partial charge in [-0.05, 0) is 49.3 Å². The molecule has 0 aromatic heterocycles. The number of carbonyl (C=O) groups is 5. The summed E-state index contributed by atoms with van der Waals surface area (Å²) < 4.78 is 0. The summed E-state index contributed by atoms with van der Waals surface area (Å²) >= 11 is 0. The Hall–Kier alpha value is -4.40. The number of carboxylic acid groups (broad SMARTS) is 1. The normalized spacial score (nSPS) is 13.8. The van der Waals surface area contributed by atoms with Crippen molar-refractivity contribution < 1.29 is 34.2 Å². The molecular formula is C26H42N8O7. The van der Waals surface area contributed by atoms with Gasteiger partial charge in [0.15, 0.2) is 5.96 Å². The number of guanidine groups is 1. The van der Waals surface area contributed by atoms with Crippen molar-refractivity contribution in [3.8, 4) is 5.75 Å². The Morgan fingerprint density at radius 1 is 0.854 bits per heavy atom. The van der Waals surface area contributed by atoms with E-state index in [4.69, 9.17) is 22.9 Å². The number of aliphatic imine (C=N–C) groups is 1. The number of rotatable bonds is 18. The molecule has 15 nitrogen and oxygen atoms in total. The number of phenols is 1. The highest BCUT2D eigenvalue weighted by molar-refractivity contribution is 5.94. The highest BCUT2D eigenvalue weighted by Gasteiger charge is 2.31. The summed E-state index contributed by atoms with van der Waals surface area (Å²) in [7, 11) is 0. The minimum atomic E-state index is -1.40. The summed E-state index contributed by atoms with van der Waals surface area (Å²) in [6.45, 7) is 3.89. The summed E-state index contributed by atoms with van der Waals surface area (Å²) in [5.41, 5.74) is 22.3. The second-order valence-corrected chi connectivity index (χ2v) is 10.1. The molecule has 4 unspecified atom stereocenters. The molecule has 0 saturated carbocycles. The van der Waals surface area contributed by atoms with Gasteiger partial charge in [0.1, 0.15) is 23.9 Å². The largest absolute Gasteiger partial charge is 0.508 e. The molecule has 0 bridgehead atoms. The molecule has 1 aromatic carbocycles. The van der Waals surface area contributed by atoms with Gasteiger partial charge in [-0.15, -0.1) is 0 Å². The van der Waals surface area contributed by atoms with Gasteiger partial charge in [0.05, 0.1) is 6.04 Å². The van der Waals surface area contributed by atoms with Gasteiger partial charge in [-0.1, -0.05) is 26.0 Å². The van der Waals surface area contributed by atoms with E-state index in [-0.39, 0.29) is 56.3 Å². The first-order valence-corrected chi connectivity index (χ1v) is 13.2. The lowest BCUT2D eigenvalue weighted by atomic mass is 10.00. The number of nitrogens with zero attached hydrogens (tertiary/aromatic N) is 1. The van der Waals surface area contributed by atoms with Crippen molar-refractivity contribution in [2.45, 2.75) is 76.5 Å². The molecule has 0 radical (unpaired) electrons. The second kappa shape index (κ2) is 17.3. The molecule has 0 aliphatic rings. The Morgan fingerprint density at radius 2 is 1.41 bits per heavy atom. The number of carboxylic acids is 1. The van der Waals surface area contributed by atoms with E-state index in [0.29, 0.717) is 12.0 Å². The maximum absolute atomic E-state index is 13.4. The molecule has 4 amide bonds. The number of benzene rings is 1. The molecule has 0 spiro atoms. The van der Waals surface area contributed by atoms with Crippen molar-refractivity contribution in [3.05, 3.63) is 29.8 Å². The molecule has 0 heterocycles. The van der Waals surface area contributed by atoms with E-state index in [1.54, 1.807) is 12.1 Å². The maximum atomic E-state index is 13.4. The summed E-state index contributed by atoms with van der Waals surface area (Å²) in [6.07, 6.45) is 0.328. The van der Waals surface area contributed by atoms with Crippen molar-refractivity contribution in [2.24, 2.45) is 33.8 Å². The van der Waals surface area contributed by atoms with Gasteiger partial charge in [0, 0.05) is 19.4 Å². The minimum Gasteiger partial charge on any atom is -0.508 e. The number of hydrogen-bond acceptors (Lipinski definition) is 8. The number of phenolic OH excluding ortho intramolecular Hbond substituents is 1. The number of nitrogens with two attached hydrogens (primary N) is 4. The van der Waals surface area contributed by atoms with Crippen molar-refractivity contribution in [1.29, 1.82) is 0 Å². The lowest BCUT2D eigenvalue weighted by molar-refractivity contribution is -0.142. The number of nitrogens with one attached hydrogen (secondary N) is 3. The van der Waals surface area contributed by atoms with Crippen molar-refractivity contribution in [3.63, 3.8) is 0 Å². The summed E-state index contributed by atoms with van der Waals surface area (Å²) in [5, 5.41) is 26.6. The zero-order valence-electron chi connectivity index (χ0n) is 23.3. The van der Waals surface area contributed by atoms with E-state index in [0.717, 1.165) is 0 Å². The van der Waals surface area contributed by atoms with Crippen LogP contribution in [0.1, 0.15) is 51.5 Å². The number of amides is 4. The number of aliphatic carboxylic acids is 1. The van der Waals surface area contributed by atoms with Crippen molar-refractivity contribution >= 4 is 35.6 Å². The lowest BCUT2D eigenvalue weighted by Crippen LogP contribution is -2.57. The fourth-order valence-corrected chi connectivity index (χ4v) is 3.80. The van der Waals surface area contributed by atoms with Crippen LogP contribution in [0.15, 0.2) is 29.3 Å². The number of aromatic hydroxyl groups is 1. The lowest BCUT2D eigenvalue weighted by Gasteiger charge is -2.26. The van der Waals surface area contributed by atoms with Crippen LogP contribution in [0.5, 0.6) is 5.75 Å². The first-order valence-electron chi connectivity index (χ1n) is 13.2. The SMILES string of the molecule is CC(C)CC(NC(=O)C(Cc1ccc(O)cc1)NC(=O)C(N)CCCN=C(N)N)C(=O)NC(CCC(N)=O)C(=O)O. The molecule has 228 valence electrons. The first kappa shape index (κ1) is 34.6. The van der Waals surface area contributed by atoms with Crippen LogP contribution in [0, 0.1) is 5.92 Å². The van der Waals surface area contributed by atoms with Crippen molar-refractivity contribution in [2.75, 3.05) is 6.54 Å². The third kappa shape index (κ3) is 14.0. The Bertz CT molecular complexity index is 1070. The zero-order valence-corrected chi connectivity index (χ0v) is 23.3. The van der Waals surface area contributed by atoms with Crippen LogP contribution in [0.3, 0.4) is 0 Å². The van der Waals surface area contributed by atoms with Crippen LogP contribution in [0.4, 0.5) is 0 Å². The summed E-state index contributed by atoms with van der Waals surface area (Å²) in [4.78, 5) is 65.9. The average Bonchev–Trinajstić information content (AvgIpc) is 2.88. The second-order valence-electron chi connectivity index (χ2n) is 10.1. The Morgan fingerprint density at radius 3 is 1.95 bits per heavy atom. The van der Waals surface area contributed by atoms with Gasteiger partial charge < -0.3 is 49.1 Å². The molecule has 0 aliphatic carbocycles. The van der Waals surface area contributed by atoms with Crippen LogP contribution in [0.25, 0.3) is 0 Å². The van der Waals surface area contributed by atoms with E-state index in [9.17, 15) is 34.2 Å². The van der Waals surface area contributed by atoms with Crippen LogP contribution in [-0.4, -0.2) is 76.5 Å². The minimum absolute atomic E-state index is 0.00491. The van der Waals surface area contributed by atoms with Crippen LogP contribution in [0.2, 0.25) is 0 Å². The molecule has 0 saturated heterocycles. The smallest absolute Gasteiger partial charge is 0.326 e. The van der Waals surface area contributed by atoms with E-state index in [2.05, 4.69) is 20.9 Å². The van der Waals surface area contributed by atoms with E-state index in [1.165, 1.54) is 12.1 Å². The molecule has 1 aromatic rings. The highest BCUT2D eigenvalue weighted by atomic mass is 16.4. The van der Waals surface area contributed by atoms with Gasteiger partial charge >= 0.3 is 5.97 Å². The molecule has 1 rings (SSSR count). The molecule has 13 N–H and O–H groups in total. The zero-order chi connectivity index (χ0) is 31.1. The average molecular weight is 579 g/mol. The Kier molecular flexibility index (Phi) is 14.6. The quantitative estimate of drug-likeness (QED) is 0.0533.